The number of fused-ring (bicyclic) bond motifs is 5. The van der Waals surface area contributed by atoms with Crippen LogP contribution in [-0.4, -0.2) is 22.9 Å². The third-order valence-corrected chi connectivity index (χ3v) is 8.98. The monoisotopic (exact) mass is 493 g/mol. The van der Waals surface area contributed by atoms with E-state index in [1.54, 1.807) is 0 Å². The molecule has 1 saturated heterocycles. The van der Waals surface area contributed by atoms with E-state index in [9.17, 15) is 0 Å². The van der Waals surface area contributed by atoms with Gasteiger partial charge in [-0.15, -0.1) is 0 Å². The first-order valence-corrected chi connectivity index (χ1v) is 13.4. The van der Waals surface area contributed by atoms with E-state index >= 15 is 0 Å². The van der Waals surface area contributed by atoms with Gasteiger partial charge in [-0.25, -0.2) is 0 Å². The summed E-state index contributed by atoms with van der Waals surface area (Å²) in [5.74, 6) is 0. The fourth-order valence-corrected chi connectivity index (χ4v) is 6.44. The van der Waals surface area contributed by atoms with Gasteiger partial charge in [0, 0.05) is 21.9 Å². The summed E-state index contributed by atoms with van der Waals surface area (Å²) < 4.78 is 15.7. The Balaban J connectivity index is 1.60. The van der Waals surface area contributed by atoms with E-state index in [0.717, 1.165) is 16.7 Å². The van der Waals surface area contributed by atoms with Crippen LogP contribution in [0.3, 0.4) is 0 Å². The van der Waals surface area contributed by atoms with Crippen LogP contribution in [0, 0.1) is 0 Å². The van der Waals surface area contributed by atoms with E-state index in [-0.39, 0.29) is 0 Å². The lowest BCUT2D eigenvalue weighted by molar-refractivity contribution is 0.00578. The molecule has 0 spiro atoms. The number of nitrogens with zero attached hydrogens (tertiary/aromatic N) is 1. The van der Waals surface area contributed by atoms with Crippen molar-refractivity contribution in [2.24, 2.45) is 0 Å². The fourth-order valence-electron chi connectivity index (χ4n) is 6.44. The third kappa shape index (κ3) is 2.77. The van der Waals surface area contributed by atoms with Gasteiger partial charge in [-0.2, -0.15) is 0 Å². The van der Waals surface area contributed by atoms with Gasteiger partial charge in [0.25, 0.3) is 0 Å². The van der Waals surface area contributed by atoms with Gasteiger partial charge in [-0.05, 0) is 78.2 Å². The first-order valence-electron chi connectivity index (χ1n) is 13.4. The zero-order valence-corrected chi connectivity index (χ0v) is 22.1. The number of aromatic nitrogens is 1. The van der Waals surface area contributed by atoms with Crippen molar-refractivity contribution in [3.63, 3.8) is 0 Å². The minimum Gasteiger partial charge on any atom is -0.399 e. The van der Waals surface area contributed by atoms with Crippen LogP contribution >= 0.6 is 0 Å². The molecule has 0 N–H and O–H groups in total. The lowest BCUT2D eigenvalue weighted by Gasteiger charge is -2.32. The zero-order valence-electron chi connectivity index (χ0n) is 22.1. The van der Waals surface area contributed by atoms with E-state index in [1.165, 1.54) is 48.6 Å². The summed E-state index contributed by atoms with van der Waals surface area (Å²) >= 11 is 0. The second kappa shape index (κ2) is 7.38. The highest BCUT2D eigenvalue weighted by molar-refractivity contribution is 6.66. The van der Waals surface area contributed by atoms with E-state index < -0.39 is 18.3 Å². The lowest BCUT2D eigenvalue weighted by atomic mass is 9.76. The first kappa shape index (κ1) is 22.2. The van der Waals surface area contributed by atoms with Crippen LogP contribution in [0.15, 0.2) is 97.1 Å². The lowest BCUT2D eigenvalue weighted by Crippen LogP contribution is -2.41. The zero-order chi connectivity index (χ0) is 25.8. The fraction of sp³-hybridized carbons (Fsp3) is 0.176. The summed E-state index contributed by atoms with van der Waals surface area (Å²) in [6.07, 6.45) is 0. The standard InChI is InChI=1S/C34H28BNO2/c1-33(2)34(3,4)38-35(37-33)27-20-19-25-24-18-17-21-11-8-9-14-23(21)29(24)26-15-10-16-28-30(26)31(25)32(27)36(28)22-12-6-5-7-13-22/h5-20H,1-4H3. The smallest absolute Gasteiger partial charge is 0.399 e. The van der Waals surface area contributed by atoms with Crippen LogP contribution in [0.2, 0.25) is 0 Å². The largest absolute Gasteiger partial charge is 0.497 e. The van der Waals surface area contributed by atoms with Gasteiger partial charge in [0.05, 0.1) is 22.2 Å². The van der Waals surface area contributed by atoms with E-state index in [2.05, 4.69) is 129 Å². The predicted octanol–water partition coefficient (Wildman–Crippen LogP) is 7.98. The Morgan fingerprint density at radius 1 is 0.553 bits per heavy atom. The van der Waals surface area contributed by atoms with Crippen LogP contribution < -0.4 is 5.46 Å². The van der Waals surface area contributed by atoms with Crippen LogP contribution in [0.25, 0.3) is 59.8 Å². The summed E-state index contributed by atoms with van der Waals surface area (Å²) in [6, 6.07) is 35.2. The average Bonchev–Trinajstić information content (AvgIpc) is 3.38. The van der Waals surface area contributed by atoms with E-state index in [1.807, 2.05) is 0 Å². The summed E-state index contributed by atoms with van der Waals surface area (Å²) in [4.78, 5) is 0. The third-order valence-electron chi connectivity index (χ3n) is 8.98. The van der Waals surface area contributed by atoms with Crippen molar-refractivity contribution in [3.05, 3.63) is 97.1 Å². The molecule has 0 bridgehead atoms. The predicted molar refractivity (Wildman–Crippen MR) is 160 cm³/mol. The van der Waals surface area contributed by atoms with Crippen molar-refractivity contribution in [2.75, 3.05) is 0 Å². The summed E-state index contributed by atoms with van der Waals surface area (Å²) in [6.45, 7) is 8.48. The van der Waals surface area contributed by atoms with Gasteiger partial charge in [0.15, 0.2) is 0 Å². The van der Waals surface area contributed by atoms with Crippen molar-refractivity contribution in [2.45, 2.75) is 38.9 Å². The van der Waals surface area contributed by atoms with Crippen molar-refractivity contribution >= 4 is 66.7 Å². The van der Waals surface area contributed by atoms with Crippen LogP contribution in [-0.2, 0) is 9.31 Å². The molecule has 1 aliphatic rings. The maximum atomic E-state index is 6.62. The topological polar surface area (TPSA) is 23.4 Å². The normalized spacial score (nSPS) is 17.1. The molecule has 38 heavy (non-hydrogen) atoms. The molecule has 184 valence electrons. The summed E-state index contributed by atoms with van der Waals surface area (Å²) in [7, 11) is -0.456. The van der Waals surface area contributed by atoms with Gasteiger partial charge in [-0.3, -0.25) is 0 Å². The maximum Gasteiger partial charge on any atom is 0.497 e. The van der Waals surface area contributed by atoms with Gasteiger partial charge in [0.1, 0.15) is 0 Å². The molecular formula is C34H28BNO2. The molecule has 0 amide bonds. The van der Waals surface area contributed by atoms with Crippen molar-refractivity contribution < 1.29 is 9.31 Å². The minimum absolute atomic E-state index is 0.417. The molecule has 0 aliphatic carbocycles. The molecule has 0 saturated carbocycles. The van der Waals surface area contributed by atoms with Crippen molar-refractivity contribution in [3.8, 4) is 5.69 Å². The second-order valence-electron chi connectivity index (χ2n) is 11.6. The highest BCUT2D eigenvalue weighted by Gasteiger charge is 2.52. The minimum atomic E-state index is -0.456. The summed E-state index contributed by atoms with van der Waals surface area (Å²) in [5.41, 5.74) is 3.73. The Kier molecular flexibility index (Phi) is 4.30. The van der Waals surface area contributed by atoms with E-state index in [0.29, 0.717) is 0 Å². The SMILES string of the molecule is CC1(C)OB(c2ccc3c4ccc5ccccc5c4c4cccc5c4c3c2n5-c2ccccc2)OC1(C)C. The van der Waals surface area contributed by atoms with Gasteiger partial charge in [0.2, 0.25) is 0 Å². The van der Waals surface area contributed by atoms with Crippen LogP contribution in [0.4, 0.5) is 0 Å². The van der Waals surface area contributed by atoms with Crippen LogP contribution in [0.1, 0.15) is 27.7 Å². The Morgan fingerprint density at radius 2 is 1.21 bits per heavy atom. The van der Waals surface area contributed by atoms with Crippen molar-refractivity contribution in [1.29, 1.82) is 0 Å². The molecule has 1 aliphatic heterocycles. The van der Waals surface area contributed by atoms with Crippen molar-refractivity contribution in [1.82, 2.24) is 4.57 Å². The molecule has 3 nitrogen and oxygen atoms in total. The highest BCUT2D eigenvalue weighted by atomic mass is 16.7. The van der Waals surface area contributed by atoms with Crippen LogP contribution in [0.5, 0.6) is 0 Å². The Morgan fingerprint density at radius 3 is 2.00 bits per heavy atom. The van der Waals surface area contributed by atoms with E-state index in [4.69, 9.17) is 9.31 Å². The quantitative estimate of drug-likeness (QED) is 0.180. The average molecular weight is 493 g/mol. The molecular weight excluding hydrogens is 465 g/mol. The van der Waals surface area contributed by atoms with Gasteiger partial charge in [-0.1, -0.05) is 78.9 Å². The maximum absolute atomic E-state index is 6.62. The Labute approximate surface area is 222 Å². The molecule has 7 aromatic rings. The van der Waals surface area contributed by atoms with Gasteiger partial charge < -0.3 is 13.9 Å². The molecule has 1 aromatic heterocycles. The second-order valence-corrected chi connectivity index (χ2v) is 11.6. The number of benzene rings is 6. The Bertz CT molecular complexity index is 2020. The molecule has 0 atom stereocenters. The number of rotatable bonds is 2. The molecule has 4 heteroatoms. The van der Waals surface area contributed by atoms with Gasteiger partial charge >= 0.3 is 7.12 Å². The molecule has 6 aromatic carbocycles. The molecule has 0 radical (unpaired) electrons. The first-order chi connectivity index (χ1) is 18.4. The number of para-hydroxylation sites is 1. The molecule has 8 rings (SSSR count). The number of hydrogen-bond acceptors (Lipinski definition) is 2. The highest BCUT2D eigenvalue weighted by Crippen LogP contribution is 2.46. The Hall–Kier alpha value is -3.86. The molecule has 1 fully saturated rings. The molecule has 2 heterocycles. The summed E-state index contributed by atoms with van der Waals surface area (Å²) in [5, 5.41) is 10.3. The number of hydrogen-bond donors (Lipinski definition) is 0. The molecule has 0 unspecified atom stereocenters.